The van der Waals surface area contributed by atoms with Crippen LogP contribution in [-0.2, 0) is 4.79 Å². The average Bonchev–Trinajstić information content (AvgIpc) is 2.85. The van der Waals surface area contributed by atoms with Gasteiger partial charge in [-0.25, -0.2) is 5.01 Å². The second-order valence-corrected chi connectivity index (χ2v) is 4.93. The number of hydrazone groups is 1. The van der Waals surface area contributed by atoms with Crippen LogP contribution in [0.5, 0.6) is 0 Å². The Bertz CT molecular complexity index is 692. The van der Waals surface area contributed by atoms with E-state index in [0.717, 1.165) is 22.5 Å². The number of pyridine rings is 1. The van der Waals surface area contributed by atoms with Crippen molar-refractivity contribution in [3.8, 4) is 0 Å². The van der Waals surface area contributed by atoms with E-state index in [2.05, 4.69) is 17.0 Å². The highest BCUT2D eigenvalue weighted by Crippen LogP contribution is 2.24. The standard InChI is InChI=1S/C16H15N3O/c1-11-3-4-14(9-12(11)2)19-16(20)10-15(18-19)13-5-7-17-8-6-13/h3-9H,10H2,1-2H3. The number of aryl methyl sites for hydroxylation is 2. The monoisotopic (exact) mass is 265 g/mol. The summed E-state index contributed by atoms with van der Waals surface area (Å²) in [5.74, 6) is 0.0000605. The Morgan fingerprint density at radius 2 is 1.80 bits per heavy atom. The Morgan fingerprint density at radius 1 is 1.05 bits per heavy atom. The van der Waals surface area contributed by atoms with Gasteiger partial charge >= 0.3 is 0 Å². The molecule has 0 fully saturated rings. The van der Waals surface area contributed by atoms with Crippen molar-refractivity contribution >= 4 is 17.3 Å². The summed E-state index contributed by atoms with van der Waals surface area (Å²) in [5, 5.41) is 5.94. The van der Waals surface area contributed by atoms with E-state index in [0.29, 0.717) is 6.42 Å². The lowest BCUT2D eigenvalue weighted by atomic mass is 10.1. The molecule has 100 valence electrons. The van der Waals surface area contributed by atoms with Crippen LogP contribution in [0.2, 0.25) is 0 Å². The highest BCUT2D eigenvalue weighted by Gasteiger charge is 2.26. The molecule has 0 saturated carbocycles. The van der Waals surface area contributed by atoms with Crippen LogP contribution < -0.4 is 5.01 Å². The van der Waals surface area contributed by atoms with Crippen molar-refractivity contribution in [2.45, 2.75) is 20.3 Å². The molecule has 4 nitrogen and oxygen atoms in total. The Labute approximate surface area is 117 Å². The molecular weight excluding hydrogens is 250 g/mol. The van der Waals surface area contributed by atoms with E-state index in [1.54, 1.807) is 12.4 Å². The molecule has 3 rings (SSSR count). The smallest absolute Gasteiger partial charge is 0.253 e. The van der Waals surface area contributed by atoms with Crippen molar-refractivity contribution in [2.24, 2.45) is 5.10 Å². The van der Waals surface area contributed by atoms with Crippen molar-refractivity contribution in [1.82, 2.24) is 4.98 Å². The van der Waals surface area contributed by atoms with Crippen LogP contribution in [0.15, 0.2) is 47.8 Å². The molecule has 0 radical (unpaired) electrons. The largest absolute Gasteiger partial charge is 0.272 e. The molecule has 0 spiro atoms. The highest BCUT2D eigenvalue weighted by molar-refractivity contribution is 6.19. The molecule has 1 amide bonds. The minimum absolute atomic E-state index is 0.0000605. The van der Waals surface area contributed by atoms with E-state index in [-0.39, 0.29) is 5.91 Å². The number of rotatable bonds is 2. The van der Waals surface area contributed by atoms with Crippen LogP contribution in [0.3, 0.4) is 0 Å². The first-order valence-corrected chi connectivity index (χ1v) is 6.53. The summed E-state index contributed by atoms with van der Waals surface area (Å²) in [6.07, 6.45) is 3.75. The van der Waals surface area contributed by atoms with Gasteiger partial charge in [0, 0.05) is 18.0 Å². The van der Waals surface area contributed by atoms with Crippen LogP contribution in [0.25, 0.3) is 0 Å². The Kier molecular flexibility index (Phi) is 3.06. The average molecular weight is 265 g/mol. The quantitative estimate of drug-likeness (QED) is 0.838. The summed E-state index contributed by atoms with van der Waals surface area (Å²) in [6, 6.07) is 9.68. The van der Waals surface area contributed by atoms with E-state index in [9.17, 15) is 4.79 Å². The molecule has 1 aliphatic heterocycles. The van der Waals surface area contributed by atoms with E-state index >= 15 is 0 Å². The fourth-order valence-corrected chi connectivity index (χ4v) is 2.19. The molecule has 1 aliphatic rings. The summed E-state index contributed by atoms with van der Waals surface area (Å²) in [4.78, 5) is 16.1. The third-order valence-electron chi connectivity index (χ3n) is 3.52. The first kappa shape index (κ1) is 12.5. The molecule has 2 heterocycles. The lowest BCUT2D eigenvalue weighted by Crippen LogP contribution is -2.19. The zero-order chi connectivity index (χ0) is 14.1. The lowest BCUT2D eigenvalue weighted by Gasteiger charge is -2.13. The van der Waals surface area contributed by atoms with Gasteiger partial charge in [0.25, 0.3) is 5.91 Å². The Balaban J connectivity index is 1.96. The maximum Gasteiger partial charge on any atom is 0.253 e. The molecule has 0 N–H and O–H groups in total. The second-order valence-electron chi connectivity index (χ2n) is 4.93. The summed E-state index contributed by atoms with van der Waals surface area (Å²) in [6.45, 7) is 4.09. The lowest BCUT2D eigenvalue weighted by molar-refractivity contribution is -0.116. The number of amides is 1. The number of carbonyl (C=O) groups is 1. The van der Waals surface area contributed by atoms with Crippen LogP contribution in [0, 0.1) is 13.8 Å². The molecular formula is C16H15N3O. The van der Waals surface area contributed by atoms with Crippen LogP contribution >= 0.6 is 0 Å². The van der Waals surface area contributed by atoms with Gasteiger partial charge in [-0.1, -0.05) is 6.07 Å². The van der Waals surface area contributed by atoms with Crippen LogP contribution in [0.1, 0.15) is 23.1 Å². The van der Waals surface area contributed by atoms with E-state index in [1.807, 2.05) is 37.3 Å². The third kappa shape index (κ3) is 2.20. The van der Waals surface area contributed by atoms with Gasteiger partial charge in [-0.05, 0) is 49.2 Å². The fourth-order valence-electron chi connectivity index (χ4n) is 2.19. The zero-order valence-corrected chi connectivity index (χ0v) is 11.5. The maximum atomic E-state index is 12.2. The minimum atomic E-state index is 0.0000605. The summed E-state index contributed by atoms with van der Waals surface area (Å²) >= 11 is 0. The Hall–Kier alpha value is -2.49. The normalized spacial score (nSPS) is 14.6. The predicted molar refractivity (Wildman–Crippen MR) is 78.8 cm³/mol. The molecule has 0 saturated heterocycles. The first-order valence-electron chi connectivity index (χ1n) is 6.53. The van der Waals surface area contributed by atoms with Crippen molar-refractivity contribution in [2.75, 3.05) is 5.01 Å². The highest BCUT2D eigenvalue weighted by atomic mass is 16.2. The SMILES string of the molecule is Cc1ccc(N2N=C(c3ccncc3)CC2=O)cc1C. The molecule has 2 aromatic rings. The van der Waals surface area contributed by atoms with Gasteiger partial charge in [0.05, 0.1) is 17.8 Å². The maximum absolute atomic E-state index is 12.2. The molecule has 1 aromatic heterocycles. The topological polar surface area (TPSA) is 45.6 Å². The van der Waals surface area contributed by atoms with Crippen molar-refractivity contribution in [1.29, 1.82) is 0 Å². The first-order chi connectivity index (χ1) is 9.65. The minimum Gasteiger partial charge on any atom is -0.272 e. The van der Waals surface area contributed by atoms with Gasteiger partial charge in [-0.3, -0.25) is 9.78 Å². The molecule has 0 unspecified atom stereocenters. The van der Waals surface area contributed by atoms with Crippen molar-refractivity contribution in [3.05, 3.63) is 59.4 Å². The number of nitrogens with zero attached hydrogens (tertiary/aromatic N) is 3. The number of benzene rings is 1. The van der Waals surface area contributed by atoms with Gasteiger partial charge in [0.2, 0.25) is 0 Å². The molecule has 20 heavy (non-hydrogen) atoms. The number of carbonyl (C=O) groups excluding carboxylic acids is 1. The predicted octanol–water partition coefficient (Wildman–Crippen LogP) is 2.84. The summed E-state index contributed by atoms with van der Waals surface area (Å²) in [7, 11) is 0. The molecule has 0 bridgehead atoms. The molecule has 0 aliphatic carbocycles. The van der Waals surface area contributed by atoms with Crippen molar-refractivity contribution < 1.29 is 4.79 Å². The number of hydrogen-bond donors (Lipinski definition) is 0. The van der Waals surface area contributed by atoms with E-state index < -0.39 is 0 Å². The van der Waals surface area contributed by atoms with Gasteiger partial charge in [-0.15, -0.1) is 0 Å². The number of aromatic nitrogens is 1. The van der Waals surface area contributed by atoms with E-state index in [1.165, 1.54) is 10.6 Å². The van der Waals surface area contributed by atoms with Gasteiger partial charge in [0.1, 0.15) is 0 Å². The molecule has 1 aromatic carbocycles. The van der Waals surface area contributed by atoms with Gasteiger partial charge in [-0.2, -0.15) is 5.10 Å². The van der Waals surface area contributed by atoms with E-state index in [4.69, 9.17) is 0 Å². The van der Waals surface area contributed by atoms with Crippen LogP contribution in [-0.4, -0.2) is 16.6 Å². The molecule has 4 heteroatoms. The third-order valence-corrected chi connectivity index (χ3v) is 3.52. The Morgan fingerprint density at radius 3 is 2.50 bits per heavy atom. The zero-order valence-electron chi connectivity index (χ0n) is 11.5. The summed E-state index contributed by atoms with van der Waals surface area (Å²) < 4.78 is 0. The molecule has 0 atom stereocenters. The van der Waals surface area contributed by atoms with Crippen molar-refractivity contribution in [3.63, 3.8) is 0 Å². The van der Waals surface area contributed by atoms with Gasteiger partial charge in [0.15, 0.2) is 0 Å². The number of anilines is 1. The summed E-state index contributed by atoms with van der Waals surface area (Å²) in [5.41, 5.74) is 4.92. The van der Waals surface area contributed by atoms with Gasteiger partial charge < -0.3 is 0 Å². The van der Waals surface area contributed by atoms with Crippen LogP contribution in [0.4, 0.5) is 5.69 Å². The second kappa shape index (κ2) is 4.89. The number of hydrogen-bond acceptors (Lipinski definition) is 3. The fraction of sp³-hybridized carbons (Fsp3) is 0.188.